The third kappa shape index (κ3) is 60.9. The van der Waals surface area contributed by atoms with Gasteiger partial charge in [-0.15, -0.1) is 0 Å². The molecule has 0 aromatic heterocycles. The number of allylic oxidation sites excluding steroid dienone is 17. The van der Waals surface area contributed by atoms with Gasteiger partial charge in [-0.2, -0.15) is 0 Å². The molecule has 0 aromatic carbocycles. The van der Waals surface area contributed by atoms with Gasteiger partial charge in [-0.1, -0.05) is 284 Å². The maximum atomic E-state index is 12.8. The average Bonchev–Trinajstić information content (AvgIpc) is 3.42. The van der Waals surface area contributed by atoms with Crippen molar-refractivity contribution in [3.05, 3.63) is 109 Å². The number of ether oxygens (including phenoxy) is 3. The van der Waals surface area contributed by atoms with Gasteiger partial charge in [-0.3, -0.25) is 14.4 Å². The number of carbonyl (C=O) groups excluding carboxylic acids is 3. The van der Waals surface area contributed by atoms with E-state index in [4.69, 9.17) is 14.2 Å². The Morgan fingerprint density at radius 2 is 0.566 bits per heavy atom. The summed E-state index contributed by atoms with van der Waals surface area (Å²) in [6, 6.07) is 0. The second-order valence-electron chi connectivity index (χ2n) is 20.9. The van der Waals surface area contributed by atoms with Crippen LogP contribution in [0.1, 0.15) is 297 Å². The van der Waals surface area contributed by atoms with Crippen LogP contribution in [-0.2, 0) is 28.6 Å². The van der Waals surface area contributed by atoms with Gasteiger partial charge in [-0.05, 0) is 103 Å². The maximum Gasteiger partial charge on any atom is 0.310 e. The highest BCUT2D eigenvalue weighted by atomic mass is 16.6. The van der Waals surface area contributed by atoms with Crippen molar-refractivity contribution < 1.29 is 28.6 Å². The van der Waals surface area contributed by atoms with Gasteiger partial charge in [0.05, 0.1) is 6.42 Å². The second kappa shape index (κ2) is 63.6. The third-order valence-electron chi connectivity index (χ3n) is 13.5. The summed E-state index contributed by atoms with van der Waals surface area (Å²) in [6.45, 7) is 6.39. The molecule has 0 aliphatic rings. The van der Waals surface area contributed by atoms with E-state index >= 15 is 0 Å². The van der Waals surface area contributed by atoms with Crippen molar-refractivity contribution in [1.82, 2.24) is 0 Å². The Labute approximate surface area is 470 Å². The summed E-state index contributed by atoms with van der Waals surface area (Å²) in [4.78, 5) is 38.2. The molecule has 0 saturated carbocycles. The SMILES string of the molecule is CC/C=C\C/C=C\C/C=C\C/C=C\C/C=C\CC(=O)OC(COC(=O)CCCCCCC/C=C\C/C=C\CCCC)COC(=O)CCCCCCCCCCCCCCCCCCC/C=C\C/C=C\CCCCCCC. The van der Waals surface area contributed by atoms with Crippen LogP contribution in [0.4, 0.5) is 0 Å². The van der Waals surface area contributed by atoms with Gasteiger partial charge < -0.3 is 14.2 Å². The first-order chi connectivity index (χ1) is 37.5. The summed E-state index contributed by atoms with van der Waals surface area (Å²) in [5, 5.41) is 0. The first-order valence-corrected chi connectivity index (χ1v) is 31.9. The van der Waals surface area contributed by atoms with Crippen molar-refractivity contribution in [2.24, 2.45) is 0 Å². The Bertz CT molecular complexity index is 1540. The lowest BCUT2D eigenvalue weighted by atomic mass is 10.0. The molecule has 0 bridgehead atoms. The minimum atomic E-state index is -0.840. The number of carbonyl (C=O) groups is 3. The Morgan fingerprint density at radius 1 is 0.289 bits per heavy atom. The van der Waals surface area contributed by atoms with E-state index in [-0.39, 0.29) is 31.6 Å². The van der Waals surface area contributed by atoms with Gasteiger partial charge in [0.1, 0.15) is 13.2 Å². The highest BCUT2D eigenvalue weighted by molar-refractivity contribution is 5.72. The number of rotatable bonds is 57. The molecule has 0 aliphatic heterocycles. The van der Waals surface area contributed by atoms with Crippen LogP contribution in [0.25, 0.3) is 0 Å². The molecule has 0 N–H and O–H groups in total. The van der Waals surface area contributed by atoms with Crippen LogP contribution in [-0.4, -0.2) is 37.2 Å². The summed E-state index contributed by atoms with van der Waals surface area (Å²) in [7, 11) is 0. The van der Waals surface area contributed by atoms with Crippen LogP contribution < -0.4 is 0 Å². The fraction of sp³-hybridized carbons (Fsp3) is 0.700. The van der Waals surface area contributed by atoms with Gasteiger partial charge in [0, 0.05) is 12.8 Å². The molecule has 76 heavy (non-hydrogen) atoms. The lowest BCUT2D eigenvalue weighted by Gasteiger charge is -2.18. The second-order valence-corrected chi connectivity index (χ2v) is 20.9. The molecule has 1 atom stereocenters. The van der Waals surface area contributed by atoms with Crippen molar-refractivity contribution in [3.63, 3.8) is 0 Å². The lowest BCUT2D eigenvalue weighted by Crippen LogP contribution is -2.30. The summed E-state index contributed by atoms with van der Waals surface area (Å²) in [5.41, 5.74) is 0. The van der Waals surface area contributed by atoms with E-state index in [9.17, 15) is 14.4 Å². The number of hydrogen-bond donors (Lipinski definition) is 0. The summed E-state index contributed by atoms with van der Waals surface area (Å²) < 4.78 is 16.8. The molecule has 1 unspecified atom stereocenters. The van der Waals surface area contributed by atoms with Crippen LogP contribution in [0.3, 0.4) is 0 Å². The van der Waals surface area contributed by atoms with Gasteiger partial charge in [0.25, 0.3) is 0 Å². The molecule has 6 nitrogen and oxygen atoms in total. The molecule has 6 heteroatoms. The molecule has 0 fully saturated rings. The molecule has 434 valence electrons. The smallest absolute Gasteiger partial charge is 0.310 e. The van der Waals surface area contributed by atoms with Crippen LogP contribution in [0.15, 0.2) is 109 Å². The normalized spacial score (nSPS) is 12.8. The Morgan fingerprint density at radius 3 is 0.908 bits per heavy atom. The Hall–Kier alpha value is -3.93. The zero-order valence-corrected chi connectivity index (χ0v) is 49.7. The highest BCUT2D eigenvalue weighted by Gasteiger charge is 2.19. The summed E-state index contributed by atoms with van der Waals surface area (Å²) >= 11 is 0. The highest BCUT2D eigenvalue weighted by Crippen LogP contribution is 2.16. The van der Waals surface area contributed by atoms with Crippen molar-refractivity contribution in [3.8, 4) is 0 Å². The predicted octanol–water partition coefficient (Wildman–Crippen LogP) is 21.8. The minimum absolute atomic E-state index is 0.0923. The van der Waals surface area contributed by atoms with Gasteiger partial charge in [0.15, 0.2) is 6.10 Å². The van der Waals surface area contributed by atoms with E-state index < -0.39 is 12.1 Å². The van der Waals surface area contributed by atoms with E-state index in [2.05, 4.69) is 118 Å². The number of unbranched alkanes of at least 4 members (excludes halogenated alkanes) is 29. The minimum Gasteiger partial charge on any atom is -0.462 e. The van der Waals surface area contributed by atoms with E-state index in [0.717, 1.165) is 103 Å². The van der Waals surface area contributed by atoms with Crippen LogP contribution in [0.5, 0.6) is 0 Å². The number of esters is 3. The molecule has 0 amide bonds. The first kappa shape index (κ1) is 72.1. The first-order valence-electron chi connectivity index (χ1n) is 31.9. The standard InChI is InChI=1S/C70H118O6/c1-4-7-10-13-16-19-22-25-28-29-30-31-32-33-34-35-36-37-38-39-40-41-43-45-48-51-54-57-60-63-69(72)75-66-67(65-74-68(71)62-59-56-53-50-47-44-27-24-21-18-15-12-9-6-3)76-70(73)64-61-58-55-52-49-46-42-26-23-20-17-14-11-8-5-2/h8,11,15,17-18,20,22,24-27,29-30,42,49,52,58,61,67H,4-7,9-10,12-14,16,19,21,23,28,31-41,43-48,50-51,53-57,59-60,62-66H2,1-3H3/b11-8-,18-15-,20-17-,25-22-,27-24-,30-29-,42-26-,52-49-,61-58-. The van der Waals surface area contributed by atoms with Gasteiger partial charge in [0.2, 0.25) is 0 Å². The third-order valence-corrected chi connectivity index (χ3v) is 13.5. The Balaban J connectivity index is 4.29. The van der Waals surface area contributed by atoms with E-state index in [0.29, 0.717) is 12.8 Å². The summed E-state index contributed by atoms with van der Waals surface area (Å²) in [6.07, 6.45) is 87.1. The quantitative estimate of drug-likeness (QED) is 0.0261. The molecular formula is C70H118O6. The van der Waals surface area contributed by atoms with Crippen molar-refractivity contribution in [1.29, 1.82) is 0 Å². The van der Waals surface area contributed by atoms with Crippen LogP contribution in [0.2, 0.25) is 0 Å². The van der Waals surface area contributed by atoms with Crippen LogP contribution in [0, 0.1) is 0 Å². The molecule has 0 heterocycles. The number of hydrogen-bond acceptors (Lipinski definition) is 6. The van der Waals surface area contributed by atoms with Gasteiger partial charge >= 0.3 is 17.9 Å². The van der Waals surface area contributed by atoms with Gasteiger partial charge in [-0.25, -0.2) is 0 Å². The van der Waals surface area contributed by atoms with E-state index in [1.165, 1.54) is 154 Å². The molecule has 0 radical (unpaired) electrons. The van der Waals surface area contributed by atoms with E-state index in [1.807, 2.05) is 6.08 Å². The van der Waals surface area contributed by atoms with E-state index in [1.54, 1.807) is 6.08 Å². The predicted molar refractivity (Wildman–Crippen MR) is 330 cm³/mol. The van der Waals surface area contributed by atoms with Crippen molar-refractivity contribution in [2.45, 2.75) is 303 Å². The fourth-order valence-corrected chi connectivity index (χ4v) is 8.74. The van der Waals surface area contributed by atoms with Crippen molar-refractivity contribution >= 4 is 17.9 Å². The monoisotopic (exact) mass is 1050 g/mol. The maximum absolute atomic E-state index is 12.8. The zero-order valence-electron chi connectivity index (χ0n) is 49.7. The molecule has 0 aromatic rings. The fourth-order valence-electron chi connectivity index (χ4n) is 8.74. The van der Waals surface area contributed by atoms with Crippen LogP contribution >= 0.6 is 0 Å². The molecule has 0 saturated heterocycles. The average molecular weight is 1060 g/mol. The molecule has 0 aliphatic carbocycles. The summed E-state index contributed by atoms with van der Waals surface area (Å²) in [5.74, 6) is -1.06. The zero-order chi connectivity index (χ0) is 55.0. The Kier molecular flexibility index (Phi) is 60.3. The molecule has 0 rings (SSSR count). The molecular weight excluding hydrogens is 937 g/mol. The topological polar surface area (TPSA) is 78.9 Å². The lowest BCUT2D eigenvalue weighted by molar-refractivity contribution is -0.166. The largest absolute Gasteiger partial charge is 0.462 e. The molecule has 0 spiro atoms. The van der Waals surface area contributed by atoms with Crippen molar-refractivity contribution in [2.75, 3.05) is 13.2 Å².